The van der Waals surface area contributed by atoms with Gasteiger partial charge in [0.2, 0.25) is 0 Å². The molecule has 0 radical (unpaired) electrons. The molecule has 1 atom stereocenters. The zero-order chi connectivity index (χ0) is 10.8. The smallest absolute Gasteiger partial charge is 0.192 e. The van der Waals surface area contributed by atoms with Crippen LogP contribution in [-0.4, -0.2) is 33.5 Å². The van der Waals surface area contributed by atoms with E-state index in [9.17, 15) is 0 Å². The lowest BCUT2D eigenvalue weighted by molar-refractivity contribution is 0.286. The van der Waals surface area contributed by atoms with Crippen molar-refractivity contribution >= 4 is 20.9 Å². The molecule has 80 valence electrons. The summed E-state index contributed by atoms with van der Waals surface area (Å²) >= 11 is 0. The largest absolute Gasteiger partial charge is 0.414 e. The molecule has 4 heteroatoms. The minimum atomic E-state index is -1.61. The van der Waals surface area contributed by atoms with Gasteiger partial charge in [-0.15, -0.1) is 0 Å². The molecule has 3 nitrogen and oxygen atoms in total. The SMILES string of the molecule is CC(C)(C)[Si](C)(C)OCC1C=NC=N1. The van der Waals surface area contributed by atoms with Crippen molar-refractivity contribution in [3.63, 3.8) is 0 Å². The van der Waals surface area contributed by atoms with Gasteiger partial charge in [-0.1, -0.05) is 20.8 Å². The normalized spacial score (nSPS) is 21.9. The second-order valence-corrected chi connectivity index (χ2v) is 10.0. The van der Waals surface area contributed by atoms with E-state index < -0.39 is 8.32 Å². The highest BCUT2D eigenvalue weighted by atomic mass is 28.4. The molecule has 0 spiro atoms. The average Bonchev–Trinajstić information content (AvgIpc) is 2.50. The van der Waals surface area contributed by atoms with Gasteiger partial charge in [0.05, 0.1) is 6.61 Å². The van der Waals surface area contributed by atoms with Crippen LogP contribution in [0, 0.1) is 0 Å². The Bertz CT molecular complexity index is 241. The fourth-order valence-corrected chi connectivity index (χ4v) is 1.92. The third kappa shape index (κ3) is 2.75. The topological polar surface area (TPSA) is 34.0 Å². The average molecular weight is 212 g/mol. The van der Waals surface area contributed by atoms with Crippen molar-refractivity contribution in [1.82, 2.24) is 0 Å². The third-order valence-corrected chi connectivity index (χ3v) is 7.50. The second-order valence-electron chi connectivity index (χ2n) is 5.20. The minimum Gasteiger partial charge on any atom is -0.414 e. The van der Waals surface area contributed by atoms with Crippen LogP contribution in [0.3, 0.4) is 0 Å². The molecule has 0 aromatic rings. The van der Waals surface area contributed by atoms with E-state index in [0.717, 1.165) is 0 Å². The van der Waals surface area contributed by atoms with Crippen molar-refractivity contribution in [1.29, 1.82) is 0 Å². The third-order valence-electron chi connectivity index (χ3n) is 3.00. The van der Waals surface area contributed by atoms with Crippen LogP contribution < -0.4 is 0 Å². The summed E-state index contributed by atoms with van der Waals surface area (Å²) in [4.78, 5) is 8.12. The predicted octanol–water partition coefficient (Wildman–Crippen LogP) is 2.49. The van der Waals surface area contributed by atoms with E-state index in [-0.39, 0.29) is 11.1 Å². The first-order valence-electron chi connectivity index (χ1n) is 5.02. The molecular formula is C10H20N2OSi. The molecular weight excluding hydrogens is 192 g/mol. The second kappa shape index (κ2) is 3.94. The first-order valence-corrected chi connectivity index (χ1v) is 7.93. The van der Waals surface area contributed by atoms with Crippen LogP contribution in [0.15, 0.2) is 9.98 Å². The highest BCUT2D eigenvalue weighted by molar-refractivity contribution is 6.74. The van der Waals surface area contributed by atoms with Gasteiger partial charge in [0.1, 0.15) is 12.4 Å². The van der Waals surface area contributed by atoms with Crippen LogP contribution in [0.25, 0.3) is 0 Å². The van der Waals surface area contributed by atoms with E-state index in [2.05, 4.69) is 43.9 Å². The van der Waals surface area contributed by atoms with E-state index in [1.807, 2.05) is 6.21 Å². The van der Waals surface area contributed by atoms with Gasteiger partial charge in [0.15, 0.2) is 8.32 Å². The van der Waals surface area contributed by atoms with Crippen molar-refractivity contribution < 1.29 is 4.43 Å². The Labute approximate surface area is 87.4 Å². The summed E-state index contributed by atoms with van der Waals surface area (Å²) in [6.07, 6.45) is 3.44. The summed E-state index contributed by atoms with van der Waals surface area (Å²) in [5.41, 5.74) is 0. The van der Waals surface area contributed by atoms with Gasteiger partial charge in [0, 0.05) is 6.21 Å². The Balaban J connectivity index is 2.44. The molecule has 0 N–H and O–H groups in total. The van der Waals surface area contributed by atoms with E-state index in [4.69, 9.17) is 4.43 Å². The Morgan fingerprint density at radius 1 is 1.36 bits per heavy atom. The van der Waals surface area contributed by atoms with E-state index in [1.54, 1.807) is 6.34 Å². The van der Waals surface area contributed by atoms with E-state index in [0.29, 0.717) is 6.61 Å². The van der Waals surface area contributed by atoms with Gasteiger partial charge in [-0.3, -0.25) is 4.99 Å². The lowest BCUT2D eigenvalue weighted by atomic mass is 10.2. The molecule has 0 bridgehead atoms. The zero-order valence-corrected chi connectivity index (χ0v) is 10.7. The van der Waals surface area contributed by atoms with Crippen LogP contribution >= 0.6 is 0 Å². The summed E-state index contributed by atoms with van der Waals surface area (Å²) in [7, 11) is -1.61. The van der Waals surface area contributed by atoms with Crippen molar-refractivity contribution in [2.45, 2.75) is 44.9 Å². The quantitative estimate of drug-likeness (QED) is 0.662. The Kier molecular flexibility index (Phi) is 3.27. The van der Waals surface area contributed by atoms with Crippen molar-refractivity contribution in [2.75, 3.05) is 6.61 Å². The first kappa shape index (κ1) is 11.6. The molecule has 1 aliphatic heterocycles. The number of rotatable bonds is 3. The zero-order valence-electron chi connectivity index (χ0n) is 9.74. The standard InChI is InChI=1S/C10H20N2OSi/c1-10(2,3)14(4,5)13-7-9-6-11-8-12-9/h6,8-9H,7H2,1-5H3. The van der Waals surface area contributed by atoms with Gasteiger partial charge in [-0.25, -0.2) is 4.99 Å². The molecule has 1 heterocycles. The lowest BCUT2D eigenvalue weighted by Gasteiger charge is -2.36. The Hall–Kier alpha value is -0.483. The molecule has 1 aliphatic rings. The molecule has 0 saturated carbocycles. The van der Waals surface area contributed by atoms with Crippen LogP contribution in [0.5, 0.6) is 0 Å². The molecule has 14 heavy (non-hydrogen) atoms. The summed E-state index contributed by atoms with van der Waals surface area (Å²) in [5.74, 6) is 0. The number of hydrogen-bond donors (Lipinski definition) is 0. The summed E-state index contributed by atoms with van der Waals surface area (Å²) in [6.45, 7) is 11.9. The maximum Gasteiger partial charge on any atom is 0.192 e. The molecule has 0 aromatic heterocycles. The maximum absolute atomic E-state index is 6.01. The molecule has 1 rings (SSSR count). The van der Waals surface area contributed by atoms with Crippen molar-refractivity contribution in [2.24, 2.45) is 9.98 Å². The molecule has 0 aliphatic carbocycles. The Morgan fingerprint density at radius 3 is 2.43 bits per heavy atom. The maximum atomic E-state index is 6.01. The van der Waals surface area contributed by atoms with Crippen molar-refractivity contribution in [3.8, 4) is 0 Å². The van der Waals surface area contributed by atoms with Crippen LogP contribution in [0.4, 0.5) is 0 Å². The lowest BCUT2D eigenvalue weighted by Crippen LogP contribution is -2.42. The highest BCUT2D eigenvalue weighted by Crippen LogP contribution is 2.36. The predicted molar refractivity (Wildman–Crippen MR) is 63.9 cm³/mol. The van der Waals surface area contributed by atoms with Gasteiger partial charge in [-0.05, 0) is 18.1 Å². The molecule has 0 aromatic carbocycles. The fourth-order valence-electron chi connectivity index (χ4n) is 0.897. The number of nitrogens with zero attached hydrogens (tertiary/aromatic N) is 2. The highest BCUT2D eigenvalue weighted by Gasteiger charge is 2.37. The molecule has 0 amide bonds. The van der Waals surface area contributed by atoms with Crippen molar-refractivity contribution in [3.05, 3.63) is 0 Å². The molecule has 1 unspecified atom stereocenters. The van der Waals surface area contributed by atoms with Gasteiger partial charge in [-0.2, -0.15) is 0 Å². The monoisotopic (exact) mass is 212 g/mol. The summed E-state index contributed by atoms with van der Waals surface area (Å²) in [5, 5.41) is 0.270. The van der Waals surface area contributed by atoms with E-state index >= 15 is 0 Å². The fraction of sp³-hybridized carbons (Fsp3) is 0.800. The van der Waals surface area contributed by atoms with Gasteiger partial charge in [0.25, 0.3) is 0 Å². The number of aliphatic imine (C=N–C) groups is 2. The Morgan fingerprint density at radius 2 is 2.00 bits per heavy atom. The van der Waals surface area contributed by atoms with Crippen LogP contribution in [-0.2, 0) is 4.43 Å². The molecule has 0 fully saturated rings. The number of hydrogen-bond acceptors (Lipinski definition) is 3. The van der Waals surface area contributed by atoms with Gasteiger partial charge >= 0.3 is 0 Å². The molecule has 0 saturated heterocycles. The van der Waals surface area contributed by atoms with E-state index in [1.165, 1.54) is 0 Å². The minimum absolute atomic E-state index is 0.143. The summed E-state index contributed by atoms with van der Waals surface area (Å²) < 4.78 is 6.01. The van der Waals surface area contributed by atoms with Crippen LogP contribution in [0.1, 0.15) is 20.8 Å². The van der Waals surface area contributed by atoms with Gasteiger partial charge < -0.3 is 4.43 Å². The summed E-state index contributed by atoms with van der Waals surface area (Å²) in [6, 6.07) is 0.143. The first-order chi connectivity index (χ1) is 6.33. The van der Waals surface area contributed by atoms with Crippen LogP contribution in [0.2, 0.25) is 18.1 Å².